The molecule has 0 fully saturated rings. The van der Waals surface area contributed by atoms with Gasteiger partial charge < -0.3 is 9.57 Å². The van der Waals surface area contributed by atoms with Gasteiger partial charge in [-0.3, -0.25) is 0 Å². The molecule has 5 heteroatoms. The average Bonchev–Trinajstić information content (AvgIpc) is 2.75. The number of carbonyl (C=O) groups is 1. The third kappa shape index (κ3) is 13.9. The maximum atomic E-state index is 11.2. The number of hydrogen-bond acceptors (Lipinski definition) is 5. The molecule has 1 aromatic carbocycles. The fourth-order valence-corrected chi connectivity index (χ4v) is 3.04. The lowest BCUT2D eigenvalue weighted by Gasteiger charge is -2.04. The minimum Gasteiger partial charge on any atom is -0.462 e. The van der Waals surface area contributed by atoms with Crippen LogP contribution in [-0.2, 0) is 20.8 Å². The lowest BCUT2D eigenvalue weighted by atomic mass is 10.1. The molecule has 0 amide bonds. The van der Waals surface area contributed by atoms with Crippen molar-refractivity contribution in [3.8, 4) is 0 Å². The Morgan fingerprint density at radius 1 is 0.867 bits per heavy atom. The first-order valence-corrected chi connectivity index (χ1v) is 11.6. The molecule has 0 N–H and O–H groups in total. The van der Waals surface area contributed by atoms with Crippen LogP contribution in [0.3, 0.4) is 0 Å². The predicted molar refractivity (Wildman–Crippen MR) is 123 cm³/mol. The summed E-state index contributed by atoms with van der Waals surface area (Å²) < 4.78 is 5.08. The number of ether oxygens (including phenoxy) is 1. The van der Waals surface area contributed by atoms with Crippen molar-refractivity contribution in [3.05, 3.63) is 42.0 Å². The molecule has 0 aliphatic heterocycles. The minimum atomic E-state index is -0.285. The molecular formula is C25H40N2O3. The molecule has 0 saturated heterocycles. The van der Waals surface area contributed by atoms with Crippen LogP contribution in [0.4, 0.5) is 5.69 Å². The summed E-state index contributed by atoms with van der Waals surface area (Å²) in [6, 6.07) is 8.24. The van der Waals surface area contributed by atoms with Gasteiger partial charge in [0.05, 0.1) is 12.3 Å². The van der Waals surface area contributed by atoms with Gasteiger partial charge in [-0.2, -0.15) is 0 Å². The summed E-state index contributed by atoms with van der Waals surface area (Å²) in [6.45, 7) is 8.58. The van der Waals surface area contributed by atoms with E-state index in [0.29, 0.717) is 18.8 Å². The highest BCUT2D eigenvalue weighted by Gasteiger charge is 2.01. The monoisotopic (exact) mass is 416 g/mol. The third-order valence-electron chi connectivity index (χ3n) is 4.93. The molecule has 0 radical (unpaired) electrons. The van der Waals surface area contributed by atoms with Gasteiger partial charge in [0.1, 0.15) is 6.61 Å². The number of unbranched alkanes of at least 4 members (excludes halogenated alkanes) is 9. The number of nitrogens with zero attached hydrogens (tertiary/aromatic N) is 2. The Balaban J connectivity index is 1.91. The smallest absolute Gasteiger partial charge is 0.333 e. The fourth-order valence-electron chi connectivity index (χ4n) is 3.04. The summed E-state index contributed by atoms with van der Waals surface area (Å²) in [5.41, 5.74) is 2.66. The normalized spacial score (nSPS) is 11.0. The van der Waals surface area contributed by atoms with Crippen LogP contribution < -0.4 is 0 Å². The van der Waals surface area contributed by atoms with E-state index in [4.69, 9.17) is 9.57 Å². The molecular weight excluding hydrogens is 376 g/mol. The van der Waals surface area contributed by atoms with Crippen molar-refractivity contribution in [2.75, 3.05) is 13.2 Å². The van der Waals surface area contributed by atoms with Gasteiger partial charge in [0.2, 0.25) is 0 Å². The molecule has 0 aliphatic carbocycles. The Kier molecular flexibility index (Phi) is 15.2. The highest BCUT2D eigenvalue weighted by Crippen LogP contribution is 2.15. The van der Waals surface area contributed by atoms with Gasteiger partial charge in [-0.15, -0.1) is 5.11 Å². The zero-order valence-electron chi connectivity index (χ0n) is 19.0. The van der Waals surface area contributed by atoms with Crippen LogP contribution in [-0.4, -0.2) is 19.2 Å². The molecule has 0 saturated carbocycles. The molecule has 0 aromatic heterocycles. The van der Waals surface area contributed by atoms with Crippen LogP contribution in [0.25, 0.3) is 0 Å². The molecule has 0 bridgehead atoms. The number of rotatable bonds is 18. The Bertz CT molecular complexity index is 611. The quantitative estimate of drug-likeness (QED) is 0.0810. The van der Waals surface area contributed by atoms with E-state index in [2.05, 4.69) is 36.0 Å². The van der Waals surface area contributed by atoms with E-state index in [1.54, 1.807) is 6.92 Å². The zero-order chi connectivity index (χ0) is 21.9. The molecule has 0 atom stereocenters. The lowest BCUT2D eigenvalue weighted by Crippen LogP contribution is -2.05. The minimum absolute atomic E-state index is 0.285. The van der Waals surface area contributed by atoms with E-state index < -0.39 is 0 Å². The summed E-state index contributed by atoms with van der Waals surface area (Å²) in [5, 5.41) is 7.94. The zero-order valence-corrected chi connectivity index (χ0v) is 19.0. The Hall–Kier alpha value is -2.17. The highest BCUT2D eigenvalue weighted by molar-refractivity contribution is 5.86. The van der Waals surface area contributed by atoms with Crippen molar-refractivity contribution in [2.45, 2.75) is 90.9 Å². The lowest BCUT2D eigenvalue weighted by molar-refractivity contribution is -0.139. The molecule has 0 spiro atoms. The van der Waals surface area contributed by atoms with Crippen LogP contribution >= 0.6 is 0 Å². The van der Waals surface area contributed by atoms with Gasteiger partial charge in [0, 0.05) is 10.9 Å². The van der Waals surface area contributed by atoms with Crippen LogP contribution in [0.15, 0.2) is 46.8 Å². The van der Waals surface area contributed by atoms with E-state index in [1.165, 1.54) is 50.5 Å². The van der Waals surface area contributed by atoms with E-state index in [1.807, 2.05) is 12.1 Å². The van der Waals surface area contributed by atoms with Crippen LogP contribution in [0, 0.1) is 0 Å². The van der Waals surface area contributed by atoms with Crippen LogP contribution in [0.5, 0.6) is 0 Å². The second kappa shape index (κ2) is 17.7. The fraction of sp³-hybridized carbons (Fsp3) is 0.640. The maximum absolute atomic E-state index is 11.2. The molecule has 168 valence electrons. The van der Waals surface area contributed by atoms with E-state index in [0.717, 1.165) is 37.8 Å². The van der Waals surface area contributed by atoms with Gasteiger partial charge in [0.15, 0.2) is 0 Å². The molecule has 0 heterocycles. The molecule has 1 rings (SSSR count). The van der Waals surface area contributed by atoms with Crippen molar-refractivity contribution >= 4 is 11.7 Å². The van der Waals surface area contributed by atoms with Gasteiger partial charge >= 0.3 is 5.97 Å². The van der Waals surface area contributed by atoms with Crippen LogP contribution in [0.1, 0.15) is 90.0 Å². The topological polar surface area (TPSA) is 60.2 Å². The van der Waals surface area contributed by atoms with Gasteiger partial charge in [0.25, 0.3) is 0 Å². The van der Waals surface area contributed by atoms with E-state index in [-0.39, 0.29) is 5.97 Å². The van der Waals surface area contributed by atoms with Crippen molar-refractivity contribution in [3.63, 3.8) is 0 Å². The molecule has 1 aromatic rings. The Morgan fingerprint density at radius 2 is 1.47 bits per heavy atom. The number of hydrogen-bond donors (Lipinski definition) is 0. The molecule has 0 unspecified atom stereocenters. The van der Waals surface area contributed by atoms with Crippen molar-refractivity contribution < 1.29 is 14.4 Å². The Morgan fingerprint density at radius 3 is 2.07 bits per heavy atom. The summed E-state index contributed by atoms with van der Waals surface area (Å²) in [4.78, 5) is 16.5. The Labute approximate surface area is 182 Å². The first kappa shape index (κ1) is 25.9. The average molecular weight is 417 g/mol. The largest absolute Gasteiger partial charge is 0.462 e. The van der Waals surface area contributed by atoms with Crippen LogP contribution in [0.2, 0.25) is 0 Å². The summed E-state index contributed by atoms with van der Waals surface area (Å²) >= 11 is 0. The standard InChI is InChI=1S/C25H40N2O3/c1-4-5-12-15-23-16-18-24(19-17-23)26-27-30-21-14-11-9-7-6-8-10-13-20-29-25(28)22(2)3/h16-19H,2,4-15,20-21H2,1,3H3. The SMILES string of the molecule is C=C(C)C(=O)OCCCCCCCCCCON=Nc1ccc(CCCCC)cc1. The molecule has 30 heavy (non-hydrogen) atoms. The summed E-state index contributed by atoms with van der Waals surface area (Å²) in [7, 11) is 0. The van der Waals surface area contributed by atoms with Crippen molar-refractivity contribution in [2.24, 2.45) is 10.4 Å². The number of benzene rings is 1. The number of aryl methyl sites for hydroxylation is 1. The van der Waals surface area contributed by atoms with Gasteiger partial charge in [-0.25, -0.2) is 4.79 Å². The second-order valence-corrected chi connectivity index (χ2v) is 7.88. The second-order valence-electron chi connectivity index (χ2n) is 7.88. The van der Waals surface area contributed by atoms with Crippen molar-refractivity contribution in [1.82, 2.24) is 0 Å². The first-order chi connectivity index (χ1) is 14.6. The van der Waals surface area contributed by atoms with Gasteiger partial charge in [-0.1, -0.05) is 70.6 Å². The number of esters is 1. The van der Waals surface area contributed by atoms with Crippen molar-refractivity contribution in [1.29, 1.82) is 0 Å². The van der Waals surface area contributed by atoms with E-state index in [9.17, 15) is 4.79 Å². The summed E-state index contributed by atoms with van der Waals surface area (Å²) in [5.74, 6) is -0.285. The molecule has 5 nitrogen and oxygen atoms in total. The third-order valence-corrected chi connectivity index (χ3v) is 4.93. The highest BCUT2D eigenvalue weighted by atomic mass is 16.6. The maximum Gasteiger partial charge on any atom is 0.333 e. The van der Waals surface area contributed by atoms with E-state index >= 15 is 0 Å². The summed E-state index contributed by atoms with van der Waals surface area (Å²) in [6.07, 6.45) is 14.0. The molecule has 0 aliphatic rings. The number of carbonyl (C=O) groups excluding carboxylic acids is 1. The van der Waals surface area contributed by atoms with Gasteiger partial charge in [-0.05, 0) is 56.7 Å². The predicted octanol–water partition coefficient (Wildman–Crippen LogP) is 7.67. The first-order valence-electron chi connectivity index (χ1n) is 11.6.